The second-order valence-electron chi connectivity index (χ2n) is 8.08. The van der Waals surface area contributed by atoms with E-state index in [2.05, 4.69) is 10.5 Å². The number of rotatable bonds is 5. The molecule has 0 bridgehead atoms. The molecule has 148 valence electrons. The summed E-state index contributed by atoms with van der Waals surface area (Å²) >= 11 is 0. The molecule has 4 rings (SSSR count). The lowest BCUT2D eigenvalue weighted by molar-refractivity contribution is -0.126. The Bertz CT molecular complexity index is 861. The Labute approximate surface area is 165 Å². The van der Waals surface area contributed by atoms with Gasteiger partial charge in [-0.25, -0.2) is 0 Å². The third-order valence-corrected chi connectivity index (χ3v) is 6.21. The van der Waals surface area contributed by atoms with Crippen LogP contribution in [0.1, 0.15) is 58.6 Å². The molecule has 0 radical (unpaired) electrons. The first-order valence-electron chi connectivity index (χ1n) is 10.1. The predicted molar refractivity (Wildman–Crippen MR) is 104 cm³/mol. The van der Waals surface area contributed by atoms with Gasteiger partial charge in [0.1, 0.15) is 5.76 Å². The molecule has 2 amide bonds. The maximum Gasteiger partial charge on any atom is 0.254 e. The van der Waals surface area contributed by atoms with Crippen molar-refractivity contribution < 1.29 is 14.1 Å². The van der Waals surface area contributed by atoms with Crippen molar-refractivity contribution >= 4 is 11.8 Å². The second kappa shape index (κ2) is 7.78. The first kappa shape index (κ1) is 18.7. The van der Waals surface area contributed by atoms with Crippen molar-refractivity contribution in [2.75, 3.05) is 6.54 Å². The highest BCUT2D eigenvalue weighted by Gasteiger charge is 2.32. The van der Waals surface area contributed by atoms with Crippen molar-refractivity contribution in [3.05, 3.63) is 52.4 Å². The molecule has 6 heteroatoms. The number of carbonyl (C=O) groups excluding carboxylic acids is 2. The Hall–Kier alpha value is -2.63. The van der Waals surface area contributed by atoms with Gasteiger partial charge in [-0.3, -0.25) is 9.59 Å². The molecule has 28 heavy (non-hydrogen) atoms. The van der Waals surface area contributed by atoms with Gasteiger partial charge in [-0.15, -0.1) is 0 Å². The predicted octanol–water partition coefficient (Wildman–Crippen LogP) is 3.37. The first-order chi connectivity index (χ1) is 13.5. The van der Waals surface area contributed by atoms with E-state index in [1.807, 2.05) is 43.0 Å². The quantitative estimate of drug-likeness (QED) is 0.862. The summed E-state index contributed by atoms with van der Waals surface area (Å²) in [5.41, 5.74) is 3.77. The topological polar surface area (TPSA) is 75.4 Å². The third-order valence-electron chi connectivity index (χ3n) is 6.21. The third kappa shape index (κ3) is 3.68. The molecule has 0 unspecified atom stereocenters. The Kier molecular flexibility index (Phi) is 5.20. The fraction of sp³-hybridized carbons (Fsp3) is 0.500. The zero-order chi connectivity index (χ0) is 19.7. The summed E-state index contributed by atoms with van der Waals surface area (Å²) in [4.78, 5) is 27.1. The van der Waals surface area contributed by atoms with Crippen LogP contribution < -0.4 is 5.32 Å². The van der Waals surface area contributed by atoms with Crippen molar-refractivity contribution in [1.82, 2.24) is 15.4 Å². The lowest BCUT2D eigenvalue weighted by Gasteiger charge is -2.30. The van der Waals surface area contributed by atoms with Gasteiger partial charge in [0.15, 0.2) is 0 Å². The number of carbonyl (C=O) groups is 2. The molecule has 0 saturated heterocycles. The van der Waals surface area contributed by atoms with Gasteiger partial charge in [0.05, 0.1) is 5.69 Å². The Morgan fingerprint density at radius 2 is 1.96 bits per heavy atom. The van der Waals surface area contributed by atoms with E-state index in [1.54, 1.807) is 0 Å². The van der Waals surface area contributed by atoms with E-state index in [0.717, 1.165) is 60.4 Å². The van der Waals surface area contributed by atoms with E-state index >= 15 is 0 Å². The zero-order valence-corrected chi connectivity index (χ0v) is 16.5. The summed E-state index contributed by atoms with van der Waals surface area (Å²) in [7, 11) is 0. The van der Waals surface area contributed by atoms with Crippen molar-refractivity contribution in [3.63, 3.8) is 0 Å². The van der Waals surface area contributed by atoms with Crippen LogP contribution >= 0.6 is 0 Å². The van der Waals surface area contributed by atoms with Gasteiger partial charge in [0, 0.05) is 36.7 Å². The smallest absolute Gasteiger partial charge is 0.254 e. The van der Waals surface area contributed by atoms with E-state index in [0.29, 0.717) is 19.0 Å². The number of hydrogen-bond acceptors (Lipinski definition) is 4. The van der Waals surface area contributed by atoms with Crippen LogP contribution in [0.3, 0.4) is 0 Å². The number of nitrogens with one attached hydrogen (secondary N) is 1. The van der Waals surface area contributed by atoms with Crippen molar-refractivity contribution in [3.8, 4) is 0 Å². The molecule has 1 saturated carbocycles. The molecule has 2 heterocycles. The van der Waals surface area contributed by atoms with Crippen LogP contribution in [0.15, 0.2) is 28.8 Å². The summed E-state index contributed by atoms with van der Waals surface area (Å²) in [5, 5.41) is 6.97. The minimum Gasteiger partial charge on any atom is -0.361 e. The maximum absolute atomic E-state index is 12.5. The second-order valence-corrected chi connectivity index (χ2v) is 8.08. The number of aryl methyl sites for hydroxylation is 2. The summed E-state index contributed by atoms with van der Waals surface area (Å²) in [6.45, 7) is 5.74. The summed E-state index contributed by atoms with van der Waals surface area (Å²) in [6.07, 6.45) is 3.74. The lowest BCUT2D eigenvalue weighted by atomic mass is 9.81. The van der Waals surface area contributed by atoms with Crippen LogP contribution in [0.4, 0.5) is 0 Å². The van der Waals surface area contributed by atoms with Crippen molar-refractivity contribution in [2.45, 2.75) is 52.6 Å². The van der Waals surface area contributed by atoms with Crippen LogP contribution in [0.5, 0.6) is 0 Å². The normalized spacial score (nSPS) is 21.6. The van der Waals surface area contributed by atoms with E-state index in [1.165, 1.54) is 0 Å². The number of hydrogen-bond donors (Lipinski definition) is 1. The van der Waals surface area contributed by atoms with Crippen LogP contribution in [0.25, 0.3) is 0 Å². The molecular formula is C22H27N3O3. The summed E-state index contributed by atoms with van der Waals surface area (Å²) < 4.78 is 5.15. The minimum atomic E-state index is 0.0585. The molecule has 1 fully saturated rings. The molecule has 2 aliphatic rings. The molecule has 1 aliphatic heterocycles. The largest absolute Gasteiger partial charge is 0.361 e. The van der Waals surface area contributed by atoms with Gasteiger partial charge in [-0.1, -0.05) is 23.4 Å². The van der Waals surface area contributed by atoms with E-state index in [9.17, 15) is 9.59 Å². The summed E-state index contributed by atoms with van der Waals surface area (Å²) in [5.74, 6) is 1.56. The fourth-order valence-electron chi connectivity index (χ4n) is 4.46. The standard InChI is InChI=1S/C22H27N3O3/c1-14-20(15(2)28-24-14)11-23-21(26)17-9-7-16(8-10-17)12-25-13-18-5-3-4-6-19(18)22(25)27/h3-6,16-17H,7-13H2,1-2H3,(H,23,26). The van der Waals surface area contributed by atoms with Gasteiger partial charge in [0.2, 0.25) is 5.91 Å². The molecule has 1 N–H and O–H groups in total. The number of nitrogens with zero attached hydrogens (tertiary/aromatic N) is 2. The number of amides is 2. The van der Waals surface area contributed by atoms with Gasteiger partial charge in [-0.2, -0.15) is 0 Å². The van der Waals surface area contributed by atoms with Crippen LogP contribution in [0.2, 0.25) is 0 Å². The number of fused-ring (bicyclic) bond motifs is 1. The molecule has 1 aliphatic carbocycles. The van der Waals surface area contributed by atoms with Crippen LogP contribution in [-0.2, 0) is 17.9 Å². The zero-order valence-electron chi connectivity index (χ0n) is 16.5. The summed E-state index contributed by atoms with van der Waals surface area (Å²) in [6, 6.07) is 7.86. The number of benzene rings is 1. The molecule has 2 aromatic rings. The molecule has 0 atom stereocenters. The Morgan fingerprint density at radius 3 is 2.64 bits per heavy atom. The maximum atomic E-state index is 12.5. The molecule has 1 aromatic heterocycles. The van der Waals surface area contributed by atoms with Gasteiger partial charge >= 0.3 is 0 Å². The lowest BCUT2D eigenvalue weighted by Crippen LogP contribution is -2.36. The first-order valence-corrected chi connectivity index (χ1v) is 10.1. The van der Waals surface area contributed by atoms with E-state index in [4.69, 9.17) is 4.52 Å². The average Bonchev–Trinajstić information content (AvgIpc) is 3.20. The molecular weight excluding hydrogens is 354 g/mol. The molecule has 1 aromatic carbocycles. The van der Waals surface area contributed by atoms with E-state index < -0.39 is 0 Å². The fourth-order valence-corrected chi connectivity index (χ4v) is 4.46. The van der Waals surface area contributed by atoms with E-state index in [-0.39, 0.29) is 17.7 Å². The highest BCUT2D eigenvalue weighted by atomic mass is 16.5. The Balaban J connectivity index is 1.25. The van der Waals surface area contributed by atoms with Crippen molar-refractivity contribution in [2.24, 2.45) is 11.8 Å². The highest BCUT2D eigenvalue weighted by Crippen LogP contribution is 2.32. The SMILES string of the molecule is Cc1noc(C)c1CNC(=O)C1CCC(CN2Cc3ccccc3C2=O)CC1. The van der Waals surface area contributed by atoms with Crippen LogP contribution in [-0.4, -0.2) is 28.4 Å². The number of aromatic nitrogens is 1. The van der Waals surface area contributed by atoms with Gasteiger partial charge in [-0.05, 0) is 57.1 Å². The van der Waals surface area contributed by atoms with Gasteiger partial charge in [0.25, 0.3) is 5.91 Å². The Morgan fingerprint density at radius 1 is 1.21 bits per heavy atom. The molecule has 0 spiro atoms. The average molecular weight is 381 g/mol. The highest BCUT2D eigenvalue weighted by molar-refractivity contribution is 5.98. The minimum absolute atomic E-state index is 0.0585. The van der Waals surface area contributed by atoms with Gasteiger partial charge < -0.3 is 14.7 Å². The van der Waals surface area contributed by atoms with Crippen LogP contribution in [0, 0.1) is 25.7 Å². The molecule has 6 nitrogen and oxygen atoms in total. The monoisotopic (exact) mass is 381 g/mol. The van der Waals surface area contributed by atoms with Crippen molar-refractivity contribution in [1.29, 1.82) is 0 Å².